The van der Waals surface area contributed by atoms with Crippen molar-refractivity contribution in [2.24, 2.45) is 0 Å². The predicted molar refractivity (Wildman–Crippen MR) is 66.7 cm³/mol. The van der Waals surface area contributed by atoms with Crippen LogP contribution in [-0.4, -0.2) is 14.9 Å². The number of aromatic nitrogens is 2. The molecule has 0 aliphatic heterocycles. The normalized spacial score (nSPS) is 10.8. The fourth-order valence-electron chi connectivity index (χ4n) is 1.77. The van der Waals surface area contributed by atoms with Crippen molar-refractivity contribution >= 4 is 15.9 Å². The van der Waals surface area contributed by atoms with Crippen molar-refractivity contribution in [3.05, 3.63) is 45.7 Å². The Morgan fingerprint density at radius 1 is 1.38 bits per heavy atom. The van der Waals surface area contributed by atoms with Crippen molar-refractivity contribution < 1.29 is 5.11 Å². The summed E-state index contributed by atoms with van der Waals surface area (Å²) in [5.41, 5.74) is 4.05. The van der Waals surface area contributed by atoms with Crippen molar-refractivity contribution in [3.8, 4) is 5.69 Å². The van der Waals surface area contributed by atoms with Gasteiger partial charge in [0.2, 0.25) is 0 Å². The van der Waals surface area contributed by atoms with Crippen molar-refractivity contribution in [2.45, 2.75) is 20.5 Å². The maximum Gasteiger partial charge on any atom is 0.0883 e. The van der Waals surface area contributed by atoms with E-state index in [4.69, 9.17) is 5.11 Å². The molecule has 84 valence electrons. The van der Waals surface area contributed by atoms with E-state index in [1.165, 1.54) is 5.56 Å². The fourth-order valence-corrected chi connectivity index (χ4v) is 2.62. The van der Waals surface area contributed by atoms with Gasteiger partial charge in [-0.15, -0.1) is 0 Å². The van der Waals surface area contributed by atoms with Crippen LogP contribution >= 0.6 is 15.9 Å². The van der Waals surface area contributed by atoms with Gasteiger partial charge in [0, 0.05) is 10.7 Å². The summed E-state index contributed by atoms with van der Waals surface area (Å²) in [6, 6.07) is 5.98. The molecule has 0 atom stereocenters. The molecule has 1 aromatic carbocycles. The van der Waals surface area contributed by atoms with Crippen LogP contribution in [0, 0.1) is 13.8 Å². The second-order valence-corrected chi connectivity index (χ2v) is 4.68. The van der Waals surface area contributed by atoms with E-state index in [1.807, 2.05) is 19.2 Å². The quantitative estimate of drug-likeness (QED) is 0.919. The van der Waals surface area contributed by atoms with E-state index in [9.17, 15) is 0 Å². The molecule has 16 heavy (non-hydrogen) atoms. The first-order valence-electron chi connectivity index (χ1n) is 5.04. The number of hydrogen-bond donors (Lipinski definition) is 1. The summed E-state index contributed by atoms with van der Waals surface area (Å²) in [6.45, 7) is 4.08. The summed E-state index contributed by atoms with van der Waals surface area (Å²) in [4.78, 5) is 0. The van der Waals surface area contributed by atoms with Gasteiger partial charge in [-0.2, -0.15) is 5.10 Å². The Labute approximate surface area is 103 Å². The minimum Gasteiger partial charge on any atom is -0.390 e. The van der Waals surface area contributed by atoms with Crippen LogP contribution in [0.15, 0.2) is 28.9 Å². The number of rotatable bonds is 2. The lowest BCUT2D eigenvalue weighted by atomic mass is 10.1. The summed E-state index contributed by atoms with van der Waals surface area (Å²) in [5.74, 6) is 0. The van der Waals surface area contributed by atoms with Crippen LogP contribution in [0.2, 0.25) is 0 Å². The molecule has 0 amide bonds. The van der Waals surface area contributed by atoms with E-state index in [1.54, 1.807) is 4.68 Å². The molecule has 3 nitrogen and oxygen atoms in total. The molecule has 1 N–H and O–H groups in total. The number of aryl methyl sites for hydroxylation is 2. The number of aliphatic hydroxyl groups excluding tert-OH is 1. The standard InChI is InChI=1S/C12H13BrN2O/c1-8-5-9(2)12(11(13)6-8)15-4-3-10(7-16)14-15/h3-6,16H,7H2,1-2H3. The Balaban J connectivity index is 2.55. The minimum absolute atomic E-state index is 0.0322. The van der Waals surface area contributed by atoms with Crippen LogP contribution in [0.3, 0.4) is 0 Å². The van der Waals surface area contributed by atoms with Crippen LogP contribution in [-0.2, 0) is 6.61 Å². The van der Waals surface area contributed by atoms with Gasteiger partial charge < -0.3 is 5.11 Å². The number of benzene rings is 1. The zero-order valence-corrected chi connectivity index (χ0v) is 10.8. The highest BCUT2D eigenvalue weighted by Gasteiger charge is 2.08. The SMILES string of the molecule is Cc1cc(C)c(-n2ccc(CO)n2)c(Br)c1. The van der Waals surface area contributed by atoms with E-state index in [2.05, 4.69) is 40.1 Å². The third kappa shape index (κ3) is 2.03. The Morgan fingerprint density at radius 3 is 2.69 bits per heavy atom. The fraction of sp³-hybridized carbons (Fsp3) is 0.250. The van der Waals surface area contributed by atoms with Gasteiger partial charge in [0.25, 0.3) is 0 Å². The average molecular weight is 281 g/mol. The molecule has 0 fully saturated rings. The molecule has 2 aromatic rings. The highest BCUT2D eigenvalue weighted by Crippen LogP contribution is 2.25. The second kappa shape index (κ2) is 4.39. The molecule has 0 aliphatic rings. The minimum atomic E-state index is -0.0322. The first kappa shape index (κ1) is 11.4. The van der Waals surface area contributed by atoms with Crippen molar-refractivity contribution in [3.63, 3.8) is 0 Å². The lowest BCUT2D eigenvalue weighted by Gasteiger charge is -2.09. The lowest BCUT2D eigenvalue weighted by molar-refractivity contribution is 0.276. The summed E-state index contributed by atoms with van der Waals surface area (Å²) in [7, 11) is 0. The van der Waals surface area contributed by atoms with Crippen LogP contribution in [0.25, 0.3) is 5.69 Å². The third-order valence-corrected chi connectivity index (χ3v) is 3.04. The molecule has 0 unspecified atom stereocenters. The molecule has 0 saturated carbocycles. The lowest BCUT2D eigenvalue weighted by Crippen LogP contribution is -2.00. The number of nitrogens with zero attached hydrogens (tertiary/aromatic N) is 2. The smallest absolute Gasteiger partial charge is 0.0883 e. The van der Waals surface area contributed by atoms with Crippen molar-refractivity contribution in [2.75, 3.05) is 0 Å². The Morgan fingerprint density at radius 2 is 2.12 bits per heavy atom. The molecular formula is C12H13BrN2O. The van der Waals surface area contributed by atoms with Crippen molar-refractivity contribution in [1.29, 1.82) is 0 Å². The number of aliphatic hydroxyl groups is 1. The first-order valence-corrected chi connectivity index (χ1v) is 5.83. The number of halogens is 1. The maximum absolute atomic E-state index is 8.99. The van der Waals surface area contributed by atoms with Gasteiger partial charge in [-0.05, 0) is 53.0 Å². The predicted octanol–water partition coefficient (Wildman–Crippen LogP) is 2.74. The zero-order valence-electron chi connectivity index (χ0n) is 9.24. The average Bonchev–Trinajstić information content (AvgIpc) is 2.64. The topological polar surface area (TPSA) is 38.0 Å². The third-order valence-electron chi connectivity index (χ3n) is 2.43. The largest absolute Gasteiger partial charge is 0.390 e. The molecule has 0 aliphatic carbocycles. The first-order chi connectivity index (χ1) is 7.61. The molecule has 0 radical (unpaired) electrons. The van der Waals surface area contributed by atoms with E-state index in [0.717, 1.165) is 15.7 Å². The van der Waals surface area contributed by atoms with Gasteiger partial charge in [-0.3, -0.25) is 0 Å². The summed E-state index contributed by atoms with van der Waals surface area (Å²) in [6.07, 6.45) is 1.86. The monoisotopic (exact) mass is 280 g/mol. The van der Waals surface area contributed by atoms with Crippen molar-refractivity contribution in [1.82, 2.24) is 9.78 Å². The molecule has 2 rings (SSSR count). The molecule has 1 aromatic heterocycles. The Hall–Kier alpha value is -1.13. The molecule has 0 saturated heterocycles. The zero-order chi connectivity index (χ0) is 11.7. The van der Waals surface area contributed by atoms with Crippen LogP contribution < -0.4 is 0 Å². The maximum atomic E-state index is 8.99. The summed E-state index contributed by atoms with van der Waals surface area (Å²) in [5, 5.41) is 13.3. The van der Waals surface area contributed by atoms with E-state index >= 15 is 0 Å². The summed E-state index contributed by atoms with van der Waals surface area (Å²) < 4.78 is 2.79. The molecule has 1 heterocycles. The second-order valence-electron chi connectivity index (χ2n) is 3.82. The van der Waals surface area contributed by atoms with E-state index in [0.29, 0.717) is 5.69 Å². The van der Waals surface area contributed by atoms with Gasteiger partial charge in [0.1, 0.15) is 0 Å². The highest BCUT2D eigenvalue weighted by atomic mass is 79.9. The van der Waals surface area contributed by atoms with Gasteiger partial charge in [-0.1, -0.05) is 6.07 Å². The van der Waals surface area contributed by atoms with Gasteiger partial charge in [0.15, 0.2) is 0 Å². The number of hydrogen-bond acceptors (Lipinski definition) is 2. The Bertz CT molecular complexity index is 496. The molecule has 4 heteroatoms. The highest BCUT2D eigenvalue weighted by molar-refractivity contribution is 9.10. The van der Waals surface area contributed by atoms with Crippen LogP contribution in [0.1, 0.15) is 16.8 Å². The Kier molecular flexibility index (Phi) is 3.12. The van der Waals surface area contributed by atoms with E-state index < -0.39 is 0 Å². The molecular weight excluding hydrogens is 268 g/mol. The summed E-state index contributed by atoms with van der Waals surface area (Å²) >= 11 is 3.54. The van der Waals surface area contributed by atoms with Crippen LogP contribution in [0.5, 0.6) is 0 Å². The van der Waals surface area contributed by atoms with Gasteiger partial charge in [-0.25, -0.2) is 4.68 Å². The van der Waals surface area contributed by atoms with E-state index in [-0.39, 0.29) is 6.61 Å². The molecule has 0 spiro atoms. The van der Waals surface area contributed by atoms with Gasteiger partial charge in [0.05, 0.1) is 18.0 Å². The van der Waals surface area contributed by atoms with Gasteiger partial charge >= 0.3 is 0 Å². The van der Waals surface area contributed by atoms with Crippen LogP contribution in [0.4, 0.5) is 0 Å². The molecule has 0 bridgehead atoms.